The van der Waals surface area contributed by atoms with Crippen LogP contribution in [0.1, 0.15) is 39.7 Å². The normalized spacial score (nSPS) is 11.7. The maximum atomic E-state index is 5.63. The molecule has 1 N–H and O–H groups in total. The van der Waals surface area contributed by atoms with Gasteiger partial charge in [0.05, 0.1) is 22.3 Å². The lowest BCUT2D eigenvalue weighted by molar-refractivity contribution is 0.317. The van der Waals surface area contributed by atoms with Gasteiger partial charge in [-0.05, 0) is 57.6 Å². The summed E-state index contributed by atoms with van der Waals surface area (Å²) in [4.78, 5) is 0. The fourth-order valence-electron chi connectivity index (χ4n) is 2.83. The van der Waals surface area contributed by atoms with Gasteiger partial charge in [-0.2, -0.15) is 0 Å². The molecular formula is C21H27BrN4O. The van der Waals surface area contributed by atoms with Crippen LogP contribution in [0.2, 0.25) is 0 Å². The molecule has 0 aliphatic carbocycles. The van der Waals surface area contributed by atoms with Gasteiger partial charge in [-0.1, -0.05) is 45.0 Å². The number of benzene rings is 2. The molecule has 0 saturated carbocycles. The SMILES string of the molecule is CCCOc1ccc(CNc2ccc3c(nnn3CC(C)(C)C)c2Br)cc1. The van der Waals surface area contributed by atoms with Crippen molar-refractivity contribution in [2.24, 2.45) is 5.41 Å². The first-order chi connectivity index (χ1) is 12.9. The second kappa shape index (κ2) is 8.30. The number of rotatable bonds is 7. The van der Waals surface area contributed by atoms with Crippen molar-refractivity contribution in [3.63, 3.8) is 0 Å². The van der Waals surface area contributed by atoms with Gasteiger partial charge in [0.1, 0.15) is 11.3 Å². The van der Waals surface area contributed by atoms with E-state index in [1.165, 1.54) is 5.56 Å². The number of aromatic nitrogens is 3. The summed E-state index contributed by atoms with van der Waals surface area (Å²) in [5.41, 5.74) is 4.28. The summed E-state index contributed by atoms with van der Waals surface area (Å²) in [5.74, 6) is 0.915. The lowest BCUT2D eigenvalue weighted by Crippen LogP contribution is -2.16. The minimum atomic E-state index is 0.150. The van der Waals surface area contributed by atoms with Crippen molar-refractivity contribution < 1.29 is 4.74 Å². The van der Waals surface area contributed by atoms with Gasteiger partial charge in [0.25, 0.3) is 0 Å². The van der Waals surface area contributed by atoms with E-state index in [2.05, 4.69) is 83.5 Å². The molecule has 0 atom stereocenters. The van der Waals surface area contributed by atoms with E-state index in [1.54, 1.807) is 0 Å². The van der Waals surface area contributed by atoms with Gasteiger partial charge >= 0.3 is 0 Å². The quantitative estimate of drug-likeness (QED) is 0.526. The Morgan fingerprint density at radius 3 is 2.52 bits per heavy atom. The van der Waals surface area contributed by atoms with Gasteiger partial charge in [0, 0.05) is 13.1 Å². The standard InChI is InChI=1S/C21H27BrN4O/c1-5-12-27-16-8-6-15(7-9-16)13-23-17-10-11-18-20(19(17)22)24-25-26(18)14-21(2,3)4/h6-11,23H,5,12-14H2,1-4H3. The Hall–Kier alpha value is -2.08. The van der Waals surface area contributed by atoms with E-state index in [9.17, 15) is 0 Å². The van der Waals surface area contributed by atoms with E-state index in [0.717, 1.165) is 53.1 Å². The molecule has 0 saturated heterocycles. The fraction of sp³-hybridized carbons (Fsp3) is 0.429. The number of nitrogens with zero attached hydrogens (tertiary/aromatic N) is 3. The lowest BCUT2D eigenvalue weighted by Gasteiger charge is -2.18. The van der Waals surface area contributed by atoms with Crippen LogP contribution in [0.3, 0.4) is 0 Å². The van der Waals surface area contributed by atoms with Crippen molar-refractivity contribution >= 4 is 32.7 Å². The van der Waals surface area contributed by atoms with Crippen LogP contribution in [-0.2, 0) is 13.1 Å². The van der Waals surface area contributed by atoms with Crippen LogP contribution in [0.15, 0.2) is 40.9 Å². The molecule has 0 aliphatic heterocycles. The average molecular weight is 431 g/mol. The molecule has 0 spiro atoms. The Morgan fingerprint density at radius 2 is 1.85 bits per heavy atom. The van der Waals surface area contributed by atoms with Crippen molar-refractivity contribution in [1.29, 1.82) is 0 Å². The lowest BCUT2D eigenvalue weighted by atomic mass is 9.97. The molecule has 5 nitrogen and oxygen atoms in total. The van der Waals surface area contributed by atoms with Crippen LogP contribution < -0.4 is 10.1 Å². The zero-order valence-corrected chi connectivity index (χ0v) is 18.0. The number of anilines is 1. The Balaban J connectivity index is 1.71. The van der Waals surface area contributed by atoms with Crippen LogP contribution in [-0.4, -0.2) is 21.6 Å². The Labute approximate surface area is 169 Å². The van der Waals surface area contributed by atoms with Crippen LogP contribution in [0.5, 0.6) is 5.75 Å². The van der Waals surface area contributed by atoms with E-state index >= 15 is 0 Å². The number of hydrogen-bond acceptors (Lipinski definition) is 4. The minimum Gasteiger partial charge on any atom is -0.494 e. The van der Waals surface area contributed by atoms with Gasteiger partial charge in [-0.15, -0.1) is 5.10 Å². The Bertz CT molecular complexity index is 897. The van der Waals surface area contributed by atoms with Crippen molar-refractivity contribution in [2.75, 3.05) is 11.9 Å². The highest BCUT2D eigenvalue weighted by molar-refractivity contribution is 9.10. The molecular weight excluding hydrogens is 404 g/mol. The summed E-state index contributed by atoms with van der Waals surface area (Å²) in [6, 6.07) is 12.4. The first kappa shape index (κ1) is 19.7. The number of hydrogen-bond donors (Lipinski definition) is 1. The highest BCUT2D eigenvalue weighted by Gasteiger charge is 2.17. The molecule has 3 rings (SSSR count). The van der Waals surface area contributed by atoms with E-state index in [1.807, 2.05) is 16.8 Å². The third-order valence-corrected chi connectivity index (χ3v) is 4.93. The van der Waals surface area contributed by atoms with Gasteiger partial charge in [0.15, 0.2) is 0 Å². The predicted molar refractivity (Wildman–Crippen MR) is 114 cm³/mol. The number of nitrogens with one attached hydrogen (secondary N) is 1. The molecule has 144 valence electrons. The Morgan fingerprint density at radius 1 is 1.11 bits per heavy atom. The van der Waals surface area contributed by atoms with E-state index in [4.69, 9.17) is 4.74 Å². The number of halogens is 1. The first-order valence-electron chi connectivity index (χ1n) is 9.35. The molecule has 0 aliphatic rings. The third-order valence-electron chi connectivity index (χ3n) is 4.13. The average Bonchev–Trinajstić information content (AvgIpc) is 3.02. The van der Waals surface area contributed by atoms with Gasteiger partial charge < -0.3 is 10.1 Å². The summed E-state index contributed by atoms with van der Waals surface area (Å²) >= 11 is 3.69. The van der Waals surface area contributed by atoms with E-state index < -0.39 is 0 Å². The second-order valence-corrected chi connectivity index (χ2v) is 8.74. The highest BCUT2D eigenvalue weighted by atomic mass is 79.9. The van der Waals surface area contributed by atoms with Crippen molar-refractivity contribution in [2.45, 2.75) is 47.2 Å². The summed E-state index contributed by atoms with van der Waals surface area (Å²) in [6.07, 6.45) is 1.01. The molecule has 2 aromatic carbocycles. The zero-order valence-electron chi connectivity index (χ0n) is 16.4. The second-order valence-electron chi connectivity index (χ2n) is 7.95. The summed E-state index contributed by atoms with van der Waals surface area (Å²) < 4.78 is 8.55. The molecule has 0 fully saturated rings. The van der Waals surface area contributed by atoms with Crippen molar-refractivity contribution in [1.82, 2.24) is 15.0 Å². The maximum absolute atomic E-state index is 5.63. The van der Waals surface area contributed by atoms with E-state index in [0.29, 0.717) is 0 Å². The highest BCUT2D eigenvalue weighted by Crippen LogP contribution is 2.31. The minimum absolute atomic E-state index is 0.150. The molecule has 6 heteroatoms. The fourth-order valence-corrected chi connectivity index (χ4v) is 3.38. The van der Waals surface area contributed by atoms with Crippen LogP contribution in [0, 0.1) is 5.41 Å². The van der Waals surface area contributed by atoms with Crippen molar-refractivity contribution in [3.8, 4) is 5.75 Å². The third kappa shape index (κ3) is 5.01. The smallest absolute Gasteiger partial charge is 0.129 e. The first-order valence-corrected chi connectivity index (χ1v) is 10.1. The molecule has 1 aromatic heterocycles. The molecule has 0 bridgehead atoms. The van der Waals surface area contributed by atoms with Crippen LogP contribution in [0.4, 0.5) is 5.69 Å². The summed E-state index contributed by atoms with van der Waals surface area (Å²) in [5, 5.41) is 12.2. The number of ether oxygens (including phenoxy) is 1. The molecule has 3 aromatic rings. The Kier molecular flexibility index (Phi) is 6.05. The topological polar surface area (TPSA) is 52.0 Å². The molecule has 0 amide bonds. The zero-order chi connectivity index (χ0) is 19.4. The maximum Gasteiger partial charge on any atom is 0.129 e. The van der Waals surface area contributed by atoms with E-state index in [-0.39, 0.29) is 5.41 Å². The van der Waals surface area contributed by atoms with Gasteiger partial charge in [0.2, 0.25) is 0 Å². The summed E-state index contributed by atoms with van der Waals surface area (Å²) in [6.45, 7) is 11.0. The molecule has 27 heavy (non-hydrogen) atoms. The summed E-state index contributed by atoms with van der Waals surface area (Å²) in [7, 11) is 0. The van der Waals surface area contributed by atoms with Crippen LogP contribution >= 0.6 is 15.9 Å². The van der Waals surface area contributed by atoms with Gasteiger partial charge in [-0.25, -0.2) is 4.68 Å². The van der Waals surface area contributed by atoms with Crippen LogP contribution in [0.25, 0.3) is 11.0 Å². The molecule has 0 radical (unpaired) electrons. The van der Waals surface area contributed by atoms with Crippen molar-refractivity contribution in [3.05, 3.63) is 46.4 Å². The predicted octanol–water partition coefficient (Wildman–Crippen LogP) is 5.64. The molecule has 0 unspecified atom stereocenters. The van der Waals surface area contributed by atoms with Gasteiger partial charge in [-0.3, -0.25) is 0 Å². The number of fused-ring (bicyclic) bond motifs is 1. The monoisotopic (exact) mass is 430 g/mol. The molecule has 1 heterocycles. The largest absolute Gasteiger partial charge is 0.494 e.